The van der Waals surface area contributed by atoms with E-state index >= 15 is 0 Å². The lowest BCUT2D eigenvalue weighted by Crippen LogP contribution is -1.99. The van der Waals surface area contributed by atoms with Crippen LogP contribution in [0, 0.1) is 22.7 Å². The van der Waals surface area contributed by atoms with Gasteiger partial charge in [0, 0.05) is 11.1 Å². The molecule has 88 valence electrons. The summed E-state index contributed by atoms with van der Waals surface area (Å²) in [6.07, 6.45) is 1.80. The van der Waals surface area contributed by atoms with Crippen molar-refractivity contribution in [2.45, 2.75) is 11.8 Å². The van der Waals surface area contributed by atoms with Crippen LogP contribution in [0.1, 0.15) is 18.2 Å². The Hall–Kier alpha value is -2.17. The minimum Gasteiger partial charge on any atom is -0.307 e. The van der Waals surface area contributed by atoms with Crippen LogP contribution < -0.4 is 0 Å². The number of nitrogens with zero attached hydrogens (tertiary/aromatic N) is 3. The summed E-state index contributed by atoms with van der Waals surface area (Å²) in [5.74, 6) is 0.912. The van der Waals surface area contributed by atoms with Gasteiger partial charge in [0.25, 0.3) is 0 Å². The van der Waals surface area contributed by atoms with Crippen molar-refractivity contribution in [3.63, 3.8) is 0 Å². The molecule has 1 aromatic heterocycles. The van der Waals surface area contributed by atoms with Gasteiger partial charge in [-0.1, -0.05) is 13.0 Å². The first-order valence-electron chi connectivity index (χ1n) is 5.55. The summed E-state index contributed by atoms with van der Waals surface area (Å²) < 4.78 is 1.75. The molecule has 0 saturated heterocycles. The fourth-order valence-electron chi connectivity index (χ4n) is 1.79. The van der Waals surface area contributed by atoms with E-state index < -0.39 is 0 Å². The van der Waals surface area contributed by atoms with E-state index in [0.29, 0.717) is 11.3 Å². The Bertz CT molecular complexity index is 644. The molecule has 0 N–H and O–H groups in total. The van der Waals surface area contributed by atoms with Gasteiger partial charge < -0.3 is 4.57 Å². The molecule has 0 aliphatic heterocycles. The third-order valence-corrected chi connectivity index (χ3v) is 3.48. The van der Waals surface area contributed by atoms with Gasteiger partial charge in [-0.3, -0.25) is 0 Å². The molecular weight excluding hydrogens is 242 g/mol. The Morgan fingerprint density at radius 2 is 2.00 bits per heavy atom. The van der Waals surface area contributed by atoms with Crippen LogP contribution in [0.2, 0.25) is 0 Å². The van der Waals surface area contributed by atoms with Gasteiger partial charge in [-0.25, -0.2) is 0 Å². The Labute approximate surface area is 110 Å². The van der Waals surface area contributed by atoms with Gasteiger partial charge in [0.1, 0.15) is 17.8 Å². The molecule has 0 bridgehead atoms. The third-order valence-electron chi connectivity index (χ3n) is 2.54. The first-order chi connectivity index (χ1) is 8.81. The standard InChI is InChI=1S/C14H11N3S/c1-2-18-14-7-3-6-13(12(14)10-16)17-8-4-5-11(17)9-15/h3-8H,2H2,1H3. The maximum Gasteiger partial charge on any atom is 0.124 e. The van der Waals surface area contributed by atoms with Gasteiger partial charge >= 0.3 is 0 Å². The van der Waals surface area contributed by atoms with Crippen molar-refractivity contribution < 1.29 is 0 Å². The Balaban J connectivity index is 2.63. The molecule has 1 aromatic carbocycles. The molecule has 0 spiro atoms. The fraction of sp³-hybridized carbons (Fsp3) is 0.143. The molecule has 0 saturated carbocycles. The van der Waals surface area contributed by atoms with Crippen LogP contribution in [0.3, 0.4) is 0 Å². The number of hydrogen-bond acceptors (Lipinski definition) is 3. The molecule has 0 aliphatic carbocycles. The van der Waals surface area contributed by atoms with Crippen molar-refractivity contribution in [2.24, 2.45) is 0 Å². The van der Waals surface area contributed by atoms with Crippen LogP contribution in [0.25, 0.3) is 5.69 Å². The van der Waals surface area contributed by atoms with Crippen LogP contribution in [-0.2, 0) is 0 Å². The normalized spacial score (nSPS) is 9.72. The molecule has 0 amide bonds. The third kappa shape index (κ3) is 2.11. The first-order valence-corrected chi connectivity index (χ1v) is 6.54. The second-order valence-electron chi connectivity index (χ2n) is 3.57. The van der Waals surface area contributed by atoms with Gasteiger partial charge in [0.05, 0.1) is 11.3 Å². The summed E-state index contributed by atoms with van der Waals surface area (Å²) in [6.45, 7) is 2.05. The van der Waals surface area contributed by atoms with Crippen molar-refractivity contribution >= 4 is 11.8 Å². The van der Waals surface area contributed by atoms with Crippen molar-refractivity contribution in [3.8, 4) is 17.8 Å². The molecule has 3 nitrogen and oxygen atoms in total. The number of hydrogen-bond donors (Lipinski definition) is 0. The Morgan fingerprint density at radius 3 is 2.67 bits per heavy atom. The van der Waals surface area contributed by atoms with E-state index in [0.717, 1.165) is 16.3 Å². The monoisotopic (exact) mass is 253 g/mol. The van der Waals surface area contributed by atoms with Gasteiger partial charge in [-0.05, 0) is 30.0 Å². The first kappa shape index (κ1) is 12.3. The van der Waals surface area contributed by atoms with Crippen LogP contribution in [0.15, 0.2) is 41.4 Å². The molecule has 18 heavy (non-hydrogen) atoms. The van der Waals surface area contributed by atoms with Crippen LogP contribution in [0.4, 0.5) is 0 Å². The molecule has 0 unspecified atom stereocenters. The lowest BCUT2D eigenvalue weighted by atomic mass is 10.2. The van der Waals surface area contributed by atoms with E-state index in [1.54, 1.807) is 34.7 Å². The number of aromatic nitrogens is 1. The van der Waals surface area contributed by atoms with Crippen LogP contribution in [0.5, 0.6) is 0 Å². The van der Waals surface area contributed by atoms with Crippen molar-refractivity contribution in [2.75, 3.05) is 5.75 Å². The fourth-order valence-corrected chi connectivity index (χ4v) is 2.57. The minimum atomic E-state index is 0.533. The van der Waals surface area contributed by atoms with Crippen molar-refractivity contribution in [1.82, 2.24) is 4.57 Å². The summed E-state index contributed by atoms with van der Waals surface area (Å²) in [6, 6.07) is 13.6. The molecule has 2 rings (SSSR count). The molecule has 0 radical (unpaired) electrons. The highest BCUT2D eigenvalue weighted by Gasteiger charge is 2.11. The van der Waals surface area contributed by atoms with E-state index in [1.165, 1.54) is 0 Å². The summed E-state index contributed by atoms with van der Waals surface area (Å²) in [5.41, 5.74) is 1.92. The molecule has 0 fully saturated rings. The zero-order valence-electron chi connectivity index (χ0n) is 9.92. The molecule has 2 aromatic rings. The van der Waals surface area contributed by atoms with E-state index in [-0.39, 0.29) is 0 Å². The number of nitriles is 2. The van der Waals surface area contributed by atoms with E-state index in [4.69, 9.17) is 5.26 Å². The van der Waals surface area contributed by atoms with Crippen LogP contribution >= 0.6 is 11.8 Å². The number of benzene rings is 1. The van der Waals surface area contributed by atoms with Gasteiger partial charge in [-0.15, -0.1) is 11.8 Å². The molecule has 1 heterocycles. The molecular formula is C14H11N3S. The SMILES string of the molecule is CCSc1cccc(-n2cccc2C#N)c1C#N. The van der Waals surface area contributed by atoms with E-state index in [1.807, 2.05) is 18.2 Å². The highest BCUT2D eigenvalue weighted by Crippen LogP contribution is 2.27. The van der Waals surface area contributed by atoms with Crippen molar-refractivity contribution in [1.29, 1.82) is 10.5 Å². The summed E-state index contributed by atoms with van der Waals surface area (Å²) >= 11 is 1.63. The largest absolute Gasteiger partial charge is 0.307 e. The summed E-state index contributed by atoms with van der Waals surface area (Å²) in [7, 11) is 0. The Kier molecular flexibility index (Phi) is 3.72. The minimum absolute atomic E-state index is 0.533. The molecule has 4 heteroatoms. The van der Waals surface area contributed by atoms with Crippen molar-refractivity contribution in [3.05, 3.63) is 47.8 Å². The van der Waals surface area contributed by atoms with Gasteiger partial charge in [0.2, 0.25) is 0 Å². The maximum atomic E-state index is 9.33. The smallest absolute Gasteiger partial charge is 0.124 e. The van der Waals surface area contributed by atoms with E-state index in [9.17, 15) is 5.26 Å². The second-order valence-corrected chi connectivity index (χ2v) is 4.88. The number of thioether (sulfide) groups is 1. The molecule has 0 aliphatic rings. The average Bonchev–Trinajstić information content (AvgIpc) is 2.87. The van der Waals surface area contributed by atoms with E-state index in [2.05, 4.69) is 19.1 Å². The lowest BCUT2D eigenvalue weighted by Gasteiger charge is -2.10. The summed E-state index contributed by atoms with van der Waals surface area (Å²) in [4.78, 5) is 0.954. The predicted molar refractivity (Wildman–Crippen MR) is 71.6 cm³/mol. The topological polar surface area (TPSA) is 52.5 Å². The number of rotatable bonds is 3. The second kappa shape index (κ2) is 5.44. The lowest BCUT2D eigenvalue weighted by molar-refractivity contribution is 1.03. The zero-order valence-corrected chi connectivity index (χ0v) is 10.7. The quantitative estimate of drug-likeness (QED) is 0.788. The average molecular weight is 253 g/mol. The highest BCUT2D eigenvalue weighted by atomic mass is 32.2. The van der Waals surface area contributed by atoms with Gasteiger partial charge in [0.15, 0.2) is 0 Å². The Morgan fingerprint density at radius 1 is 1.17 bits per heavy atom. The molecule has 0 atom stereocenters. The maximum absolute atomic E-state index is 9.33. The van der Waals surface area contributed by atoms with Gasteiger partial charge in [-0.2, -0.15) is 10.5 Å². The highest BCUT2D eigenvalue weighted by molar-refractivity contribution is 7.99. The van der Waals surface area contributed by atoms with Crippen LogP contribution in [-0.4, -0.2) is 10.3 Å². The summed E-state index contributed by atoms with van der Waals surface area (Å²) in [5, 5.41) is 18.4. The zero-order chi connectivity index (χ0) is 13.0. The predicted octanol–water partition coefficient (Wildman–Crippen LogP) is 3.33.